The Kier molecular flexibility index (Phi) is 8.80. The maximum Gasteiger partial charge on any atom is 0.325 e. The first-order valence-electron chi connectivity index (χ1n) is 18.3. The minimum absolute atomic E-state index is 0.0527. The van der Waals surface area contributed by atoms with Gasteiger partial charge in [0.05, 0.1) is 24.2 Å². The van der Waals surface area contributed by atoms with Crippen LogP contribution >= 0.6 is 0 Å². The van der Waals surface area contributed by atoms with E-state index in [1.54, 1.807) is 47.1 Å². The molecule has 2 saturated heterocycles. The number of aliphatic carboxylic acids is 1. The average molecular weight is 746 g/mol. The number of ether oxygens (including phenoxy) is 2. The number of hydrogen-bond donors (Lipinski definition) is 3. The smallest absolute Gasteiger partial charge is 0.325 e. The van der Waals surface area contributed by atoms with Crippen LogP contribution in [0.3, 0.4) is 0 Å². The van der Waals surface area contributed by atoms with Crippen LogP contribution in [0.1, 0.15) is 46.0 Å². The van der Waals surface area contributed by atoms with Gasteiger partial charge in [0.15, 0.2) is 0 Å². The molecule has 1 aromatic heterocycles. The highest BCUT2D eigenvalue weighted by atomic mass is 16.6. The number of nitrogens with one attached hydrogen (secondary N) is 1. The van der Waals surface area contributed by atoms with Crippen molar-refractivity contribution in [2.75, 3.05) is 18.5 Å². The van der Waals surface area contributed by atoms with Crippen molar-refractivity contribution in [3.8, 4) is 17.6 Å². The summed E-state index contributed by atoms with van der Waals surface area (Å²) in [6.07, 6.45) is -0.867. The lowest BCUT2D eigenvalue weighted by Crippen LogP contribution is -2.52. The third-order valence-corrected chi connectivity index (χ3v) is 11.0. The van der Waals surface area contributed by atoms with E-state index < -0.39 is 53.4 Å². The molecule has 5 aromatic carbocycles. The van der Waals surface area contributed by atoms with Crippen LogP contribution in [0, 0.1) is 17.8 Å². The van der Waals surface area contributed by atoms with Gasteiger partial charge in [-0.25, -0.2) is 4.68 Å². The Balaban J connectivity index is 1.27. The molecule has 12 nitrogen and oxygen atoms in total. The second-order valence-corrected chi connectivity index (χ2v) is 14.0. The lowest BCUT2D eigenvalue weighted by atomic mass is 9.65. The summed E-state index contributed by atoms with van der Waals surface area (Å²) in [5.74, 6) is 2.40. The molecule has 1 amide bonds. The van der Waals surface area contributed by atoms with Gasteiger partial charge in [-0.15, -0.1) is 5.10 Å². The summed E-state index contributed by atoms with van der Waals surface area (Å²) >= 11 is 0. The summed E-state index contributed by atoms with van der Waals surface area (Å²) < 4.78 is 14.1. The molecule has 1 spiro atoms. The highest BCUT2D eigenvalue weighted by Gasteiger charge is 2.74. The third kappa shape index (κ3) is 5.51. The number of carboxylic acids is 1. The monoisotopic (exact) mass is 745 g/mol. The fourth-order valence-electron chi connectivity index (χ4n) is 8.87. The molecular weight excluding hydrogens is 711 g/mol. The summed E-state index contributed by atoms with van der Waals surface area (Å²) in [6, 6.07) is 35.4. The van der Waals surface area contributed by atoms with Gasteiger partial charge in [0, 0.05) is 16.8 Å². The van der Waals surface area contributed by atoms with E-state index >= 15 is 4.79 Å². The molecule has 3 N–H and O–H groups in total. The number of anilines is 1. The molecular formula is C44H35N5O7. The van der Waals surface area contributed by atoms with Crippen LogP contribution in [0.2, 0.25) is 0 Å². The van der Waals surface area contributed by atoms with E-state index in [2.05, 4.69) is 27.5 Å². The first-order valence-corrected chi connectivity index (χ1v) is 18.3. The van der Waals surface area contributed by atoms with E-state index in [1.807, 2.05) is 89.8 Å². The number of amides is 1. The summed E-state index contributed by atoms with van der Waals surface area (Å²) in [4.78, 5) is 45.4. The van der Waals surface area contributed by atoms with E-state index in [1.165, 1.54) is 0 Å². The molecule has 2 fully saturated rings. The number of rotatable bonds is 8. The Morgan fingerprint density at radius 3 is 2.36 bits per heavy atom. The van der Waals surface area contributed by atoms with Gasteiger partial charge in [0.1, 0.15) is 47.9 Å². The van der Waals surface area contributed by atoms with E-state index in [9.17, 15) is 19.8 Å². The SMILES string of the molecule is O=C1O[C@@H](c2ccccc2)[C@@H](c2ccccc2)N2[C@@H](c3ccccc3OCCO)[C@]3(C(=O)Nc4ccc(C#CCn5nnc6ccccc65)cc43)[C@@H](C(=O)O)[C@H]12. The van der Waals surface area contributed by atoms with Crippen LogP contribution in [0.5, 0.6) is 5.75 Å². The van der Waals surface area contributed by atoms with E-state index in [-0.39, 0.29) is 19.8 Å². The normalized spacial score (nSPS) is 23.8. The topological polar surface area (TPSA) is 156 Å². The van der Waals surface area contributed by atoms with Gasteiger partial charge in [-0.3, -0.25) is 19.3 Å². The summed E-state index contributed by atoms with van der Waals surface area (Å²) in [5, 5.41) is 32.6. The molecule has 9 rings (SSSR count). The van der Waals surface area contributed by atoms with Gasteiger partial charge in [-0.05, 0) is 53.1 Å². The molecule has 0 bridgehead atoms. The molecule has 12 heteroatoms. The van der Waals surface area contributed by atoms with Crippen molar-refractivity contribution in [3.63, 3.8) is 0 Å². The zero-order valence-corrected chi connectivity index (χ0v) is 29.9. The number of aromatic nitrogens is 3. The van der Waals surface area contributed by atoms with Crippen LogP contribution in [0.4, 0.5) is 5.69 Å². The number of hydrogen-bond acceptors (Lipinski definition) is 9. The minimum Gasteiger partial charge on any atom is -0.491 e. The molecule has 0 saturated carbocycles. The van der Waals surface area contributed by atoms with Crippen molar-refractivity contribution < 1.29 is 34.1 Å². The lowest BCUT2D eigenvalue weighted by molar-refractivity contribution is -0.179. The molecule has 4 heterocycles. The van der Waals surface area contributed by atoms with Gasteiger partial charge in [0.25, 0.3) is 0 Å². The second-order valence-electron chi connectivity index (χ2n) is 14.0. The Bertz CT molecular complexity index is 2550. The Labute approximate surface area is 321 Å². The number of carbonyl (C=O) groups is 3. The summed E-state index contributed by atoms with van der Waals surface area (Å²) in [7, 11) is 0. The van der Waals surface area contributed by atoms with Crippen molar-refractivity contribution in [1.82, 2.24) is 19.9 Å². The fraction of sp³-hybridized carbons (Fsp3) is 0.205. The number of aliphatic hydroxyl groups excluding tert-OH is 1. The average Bonchev–Trinajstić information content (AvgIpc) is 3.88. The Morgan fingerprint density at radius 2 is 1.59 bits per heavy atom. The van der Waals surface area contributed by atoms with E-state index in [0.29, 0.717) is 33.7 Å². The fourth-order valence-corrected chi connectivity index (χ4v) is 8.87. The van der Waals surface area contributed by atoms with Crippen molar-refractivity contribution in [2.24, 2.45) is 5.92 Å². The van der Waals surface area contributed by atoms with Crippen molar-refractivity contribution in [3.05, 3.63) is 155 Å². The predicted octanol–water partition coefficient (Wildman–Crippen LogP) is 5.21. The molecule has 3 aliphatic rings. The maximum atomic E-state index is 15.0. The van der Waals surface area contributed by atoms with Crippen molar-refractivity contribution >= 4 is 34.6 Å². The summed E-state index contributed by atoms with van der Waals surface area (Å²) in [6.45, 7) is -0.0981. The highest BCUT2D eigenvalue weighted by molar-refractivity contribution is 6.11. The van der Waals surface area contributed by atoms with Crippen molar-refractivity contribution in [2.45, 2.75) is 36.2 Å². The van der Waals surface area contributed by atoms with Crippen LogP contribution in [-0.2, 0) is 31.1 Å². The number of nitrogens with zero attached hydrogens (tertiary/aromatic N) is 4. The number of carboxylic acid groups (broad SMARTS) is 1. The zero-order chi connectivity index (χ0) is 38.4. The van der Waals surface area contributed by atoms with Gasteiger partial charge >= 0.3 is 11.9 Å². The lowest BCUT2D eigenvalue weighted by Gasteiger charge is -2.46. The van der Waals surface area contributed by atoms with Gasteiger partial charge in [-0.2, -0.15) is 0 Å². The number of esters is 1. The standard InChI is InChI=1S/C44H35N5O7/c50-24-25-55-35-20-10-7-17-30(35)40-44(31-26-27(21-22-32(31)45-43(44)54)12-11-23-48-34-19-9-8-18-33(34)46-47-48)36(41(51)52)38-42(53)56-39(29-15-5-2-6-16-29)37(49(38)40)28-13-3-1-4-14-28/h1-10,13-22,26,36-40,50H,23-25H2,(H,45,54)(H,51,52)/t36-,37-,38-,39+,40+,44-/m1/s1. The van der Waals surface area contributed by atoms with E-state index in [4.69, 9.17) is 9.47 Å². The van der Waals surface area contributed by atoms with Gasteiger partial charge < -0.3 is 25.0 Å². The number of cyclic esters (lactones) is 1. The van der Waals surface area contributed by atoms with Crippen LogP contribution in [-0.4, -0.2) is 67.2 Å². The first kappa shape index (κ1) is 34.9. The first-order chi connectivity index (χ1) is 27.4. The number of carbonyl (C=O) groups excluding carboxylic acids is 2. The van der Waals surface area contributed by atoms with Crippen molar-refractivity contribution in [1.29, 1.82) is 0 Å². The molecule has 0 radical (unpaired) electrons. The van der Waals surface area contributed by atoms with E-state index in [0.717, 1.165) is 16.6 Å². The highest BCUT2D eigenvalue weighted by Crippen LogP contribution is 2.65. The number of para-hydroxylation sites is 2. The largest absolute Gasteiger partial charge is 0.491 e. The number of benzene rings is 5. The maximum absolute atomic E-state index is 15.0. The molecule has 56 heavy (non-hydrogen) atoms. The third-order valence-electron chi connectivity index (χ3n) is 11.0. The molecule has 6 atom stereocenters. The quantitative estimate of drug-likeness (QED) is 0.140. The Hall–Kier alpha value is -6.81. The van der Waals surface area contributed by atoms with Crippen LogP contribution in [0.25, 0.3) is 11.0 Å². The van der Waals surface area contributed by atoms with Crippen LogP contribution < -0.4 is 10.1 Å². The molecule has 6 aromatic rings. The molecule has 3 aliphatic heterocycles. The van der Waals surface area contributed by atoms with Crippen LogP contribution in [0.15, 0.2) is 127 Å². The number of fused-ring (bicyclic) bond motifs is 4. The molecule has 278 valence electrons. The molecule has 0 aliphatic carbocycles. The number of morpholine rings is 1. The predicted molar refractivity (Wildman–Crippen MR) is 204 cm³/mol. The Morgan fingerprint density at radius 1 is 0.875 bits per heavy atom. The second kappa shape index (κ2) is 14.1. The van der Waals surface area contributed by atoms with Gasteiger partial charge in [0.2, 0.25) is 5.91 Å². The number of aliphatic hydroxyl groups is 1. The summed E-state index contributed by atoms with van der Waals surface area (Å²) in [5.41, 5.74) is 2.97. The minimum atomic E-state index is -1.89. The zero-order valence-electron chi connectivity index (χ0n) is 29.9. The van der Waals surface area contributed by atoms with Gasteiger partial charge in [-0.1, -0.05) is 108 Å². The molecule has 0 unspecified atom stereocenters.